The van der Waals surface area contributed by atoms with Gasteiger partial charge >= 0.3 is 6.18 Å². The molecule has 1 aromatic heterocycles. The normalized spacial score (nSPS) is 21.4. The van der Waals surface area contributed by atoms with E-state index in [0.717, 1.165) is 43.6 Å². The fraction of sp³-hybridized carbons (Fsp3) is 0.467. The third-order valence-corrected chi connectivity index (χ3v) is 8.38. The molecule has 3 fully saturated rings. The minimum absolute atomic E-state index is 0.0785. The first-order chi connectivity index (χ1) is 19.8. The summed E-state index contributed by atoms with van der Waals surface area (Å²) in [5, 5.41) is 4.36. The Hall–Kier alpha value is -3.41. The molecule has 3 aromatic rings. The average molecular weight is 568 g/mol. The van der Waals surface area contributed by atoms with Crippen LogP contribution in [-0.4, -0.2) is 78.7 Å². The predicted octanol–water partition coefficient (Wildman–Crippen LogP) is 5.34. The van der Waals surface area contributed by atoms with Gasteiger partial charge in [-0.05, 0) is 62.8 Å². The zero-order chi connectivity index (χ0) is 28.4. The Balaban J connectivity index is 1.14. The molecular weight excluding hydrogens is 531 g/mol. The average Bonchev–Trinajstić information content (AvgIpc) is 3.48. The Morgan fingerprint density at radius 2 is 1.59 bits per heavy atom. The lowest BCUT2D eigenvalue weighted by Crippen LogP contribution is -2.52. The number of hydroxylamine groups is 1. The van der Waals surface area contributed by atoms with Crippen LogP contribution in [0.25, 0.3) is 0 Å². The monoisotopic (exact) mass is 567 g/mol. The van der Waals surface area contributed by atoms with Crippen LogP contribution in [0.4, 0.5) is 36.3 Å². The van der Waals surface area contributed by atoms with E-state index in [1.807, 2.05) is 54.6 Å². The van der Waals surface area contributed by atoms with Crippen LogP contribution < -0.4 is 15.3 Å². The van der Waals surface area contributed by atoms with E-state index in [-0.39, 0.29) is 17.8 Å². The van der Waals surface area contributed by atoms with Crippen molar-refractivity contribution in [2.24, 2.45) is 0 Å². The molecule has 3 saturated heterocycles. The number of piperazine rings is 1. The summed E-state index contributed by atoms with van der Waals surface area (Å²) in [6, 6.07) is 17.6. The highest BCUT2D eigenvalue weighted by Gasteiger charge is 2.40. The Kier molecular flexibility index (Phi) is 8.01. The number of benzene rings is 2. The van der Waals surface area contributed by atoms with E-state index in [1.54, 1.807) is 0 Å². The van der Waals surface area contributed by atoms with Gasteiger partial charge in [0, 0.05) is 56.2 Å². The number of anilines is 4. The summed E-state index contributed by atoms with van der Waals surface area (Å²) in [5.74, 6) is -0.213. The second-order valence-electron chi connectivity index (χ2n) is 11.0. The quantitative estimate of drug-likeness (QED) is 0.429. The van der Waals surface area contributed by atoms with E-state index in [0.29, 0.717) is 24.8 Å². The highest BCUT2D eigenvalue weighted by Crippen LogP contribution is 2.41. The maximum Gasteiger partial charge on any atom is 0.421 e. The number of alkyl halides is 3. The largest absolute Gasteiger partial charge is 0.421 e. The molecule has 0 amide bonds. The van der Waals surface area contributed by atoms with Gasteiger partial charge in [0.15, 0.2) is 5.82 Å². The number of halogens is 3. The molecule has 1 N–H and O–H groups in total. The molecule has 4 heterocycles. The first-order valence-electron chi connectivity index (χ1n) is 14.3. The topological polar surface area (TPSA) is 60.0 Å². The number of likely N-dealkylation sites (tertiary alicyclic amines) is 1. The Morgan fingerprint density at radius 1 is 0.878 bits per heavy atom. The molecule has 11 heteroatoms. The van der Waals surface area contributed by atoms with Gasteiger partial charge in [0.05, 0.1) is 12.6 Å². The van der Waals surface area contributed by atoms with Crippen LogP contribution >= 0.6 is 0 Å². The van der Waals surface area contributed by atoms with E-state index in [4.69, 9.17) is 4.84 Å². The van der Waals surface area contributed by atoms with Crippen LogP contribution in [0.2, 0.25) is 0 Å². The van der Waals surface area contributed by atoms with Crippen LogP contribution in [0.5, 0.6) is 0 Å². The number of aromatic nitrogens is 2. The first kappa shape index (κ1) is 27.7. The number of rotatable bonds is 6. The number of piperidine rings is 1. The smallest absolute Gasteiger partial charge is 0.369 e. The van der Waals surface area contributed by atoms with Gasteiger partial charge in [-0.1, -0.05) is 30.3 Å². The lowest BCUT2D eigenvalue weighted by molar-refractivity contribution is -0.138. The Bertz CT molecular complexity index is 1290. The molecule has 0 bridgehead atoms. The molecule has 2 aromatic carbocycles. The van der Waals surface area contributed by atoms with Gasteiger partial charge in [-0.15, -0.1) is 0 Å². The van der Waals surface area contributed by atoms with Crippen molar-refractivity contribution < 1.29 is 18.0 Å². The zero-order valence-corrected chi connectivity index (χ0v) is 23.2. The molecule has 218 valence electrons. The van der Waals surface area contributed by atoms with Gasteiger partial charge in [-0.3, -0.25) is 9.74 Å². The fourth-order valence-corrected chi connectivity index (χ4v) is 6.05. The summed E-state index contributed by atoms with van der Waals surface area (Å²) in [7, 11) is 2.19. The van der Waals surface area contributed by atoms with Crippen molar-refractivity contribution in [1.29, 1.82) is 0 Å². The van der Waals surface area contributed by atoms with E-state index in [9.17, 15) is 13.2 Å². The van der Waals surface area contributed by atoms with E-state index < -0.39 is 11.7 Å². The predicted molar refractivity (Wildman–Crippen MR) is 153 cm³/mol. The van der Waals surface area contributed by atoms with Crippen LogP contribution in [0.1, 0.15) is 36.4 Å². The molecule has 1 atom stereocenters. The summed E-state index contributed by atoms with van der Waals surface area (Å²) in [6.45, 7) is 6.70. The van der Waals surface area contributed by atoms with Gasteiger partial charge in [-0.25, -0.2) is 10.0 Å². The summed E-state index contributed by atoms with van der Waals surface area (Å²) < 4.78 is 41.9. The fourth-order valence-electron chi connectivity index (χ4n) is 6.05. The van der Waals surface area contributed by atoms with E-state index in [2.05, 4.69) is 37.0 Å². The van der Waals surface area contributed by atoms with Crippen molar-refractivity contribution in [2.75, 3.05) is 68.2 Å². The van der Waals surface area contributed by atoms with Crippen LogP contribution in [0.3, 0.4) is 0 Å². The van der Waals surface area contributed by atoms with Crippen LogP contribution in [0.15, 0.2) is 60.8 Å². The number of nitrogens with one attached hydrogen (secondary N) is 1. The van der Waals surface area contributed by atoms with Gasteiger partial charge in [0.1, 0.15) is 5.56 Å². The zero-order valence-electron chi connectivity index (χ0n) is 23.2. The van der Waals surface area contributed by atoms with Gasteiger partial charge in [0.25, 0.3) is 0 Å². The number of hydrogen-bond acceptors (Lipinski definition) is 8. The summed E-state index contributed by atoms with van der Waals surface area (Å²) in [6.07, 6.45) is -0.767. The molecular formula is C30H36F3N7O. The van der Waals surface area contributed by atoms with Crippen molar-refractivity contribution in [3.63, 3.8) is 0 Å². The standard InChI is InChI=1S/C30H36F3N7O/c1-37-14-11-25(12-15-37)39-18-16-38(17-19-39)24-9-7-23(8-10-24)35-29-34-21-26(30(31,32)33)28(36-29)40-27(13-20-41-40)22-5-3-2-4-6-22/h2-10,21,25,27H,11-20H2,1H3,(H,34,35,36)/t27-/m0/s1. The van der Waals surface area contributed by atoms with Crippen molar-refractivity contribution in [3.05, 3.63) is 71.9 Å². The lowest BCUT2D eigenvalue weighted by Gasteiger charge is -2.42. The van der Waals surface area contributed by atoms with Crippen LogP contribution in [0, 0.1) is 0 Å². The summed E-state index contributed by atoms with van der Waals surface area (Å²) in [4.78, 5) is 21.4. The minimum Gasteiger partial charge on any atom is -0.369 e. The Morgan fingerprint density at radius 3 is 2.27 bits per heavy atom. The maximum atomic E-state index is 14.0. The van der Waals surface area contributed by atoms with E-state index in [1.165, 1.54) is 31.0 Å². The summed E-state index contributed by atoms with van der Waals surface area (Å²) in [5.41, 5.74) is 1.77. The van der Waals surface area contributed by atoms with Gasteiger partial charge in [-0.2, -0.15) is 18.2 Å². The van der Waals surface area contributed by atoms with Crippen molar-refractivity contribution >= 4 is 23.1 Å². The maximum absolute atomic E-state index is 14.0. The van der Waals surface area contributed by atoms with E-state index >= 15 is 0 Å². The van der Waals surface area contributed by atoms with Crippen molar-refractivity contribution in [3.8, 4) is 0 Å². The molecule has 41 heavy (non-hydrogen) atoms. The molecule has 8 nitrogen and oxygen atoms in total. The van der Waals surface area contributed by atoms with Crippen LogP contribution in [-0.2, 0) is 11.0 Å². The SMILES string of the molecule is CN1CCC(N2CCN(c3ccc(Nc4ncc(C(F)(F)F)c(N5OCC[C@H]5c5ccccc5)n4)cc3)CC2)CC1. The number of hydrogen-bond donors (Lipinski definition) is 1. The molecule has 0 spiro atoms. The highest BCUT2D eigenvalue weighted by atomic mass is 19.4. The van der Waals surface area contributed by atoms with Gasteiger partial charge in [0.2, 0.25) is 5.95 Å². The van der Waals surface area contributed by atoms with Crippen molar-refractivity contribution in [1.82, 2.24) is 19.8 Å². The Labute approximate surface area is 238 Å². The minimum atomic E-state index is -4.62. The second kappa shape index (κ2) is 11.8. The lowest BCUT2D eigenvalue weighted by atomic mass is 10.0. The molecule has 3 aliphatic heterocycles. The summed E-state index contributed by atoms with van der Waals surface area (Å²) >= 11 is 0. The van der Waals surface area contributed by atoms with Crippen molar-refractivity contribution in [2.45, 2.75) is 37.5 Å². The third-order valence-electron chi connectivity index (χ3n) is 8.38. The number of nitrogens with zero attached hydrogens (tertiary/aromatic N) is 6. The molecule has 0 saturated carbocycles. The van der Waals surface area contributed by atoms with Gasteiger partial charge < -0.3 is 15.1 Å². The first-order valence-corrected chi connectivity index (χ1v) is 14.3. The molecule has 6 rings (SSSR count). The molecule has 0 aliphatic carbocycles. The highest BCUT2D eigenvalue weighted by molar-refractivity contribution is 5.61. The molecule has 0 unspecified atom stereocenters. The molecule has 3 aliphatic rings. The third kappa shape index (κ3) is 6.27. The second-order valence-corrected chi connectivity index (χ2v) is 11.0. The molecule has 0 radical (unpaired) electrons.